The average molecular weight is 402 g/mol. The number of ketones is 1. The highest BCUT2D eigenvalue weighted by Gasteiger charge is 2.14. The molecule has 2 rings (SSSR count). The highest BCUT2D eigenvalue weighted by atomic mass is 127. The first-order valence-electron chi connectivity index (χ1n) is 5.00. The van der Waals surface area contributed by atoms with Gasteiger partial charge < -0.3 is 0 Å². The lowest BCUT2D eigenvalue weighted by Gasteiger charge is -2.06. The zero-order valence-corrected chi connectivity index (χ0v) is 12.8. The molecule has 86 valence electrons. The molecule has 4 heteroatoms. The SMILES string of the molecule is Cc1ccncc1C(=O)c1cc(Br)ccc1I. The number of nitrogens with zero attached hydrogens (tertiary/aromatic N) is 1. The van der Waals surface area contributed by atoms with E-state index >= 15 is 0 Å². The number of hydrogen-bond acceptors (Lipinski definition) is 2. The fraction of sp³-hybridized carbons (Fsp3) is 0.0769. The van der Waals surface area contributed by atoms with E-state index in [1.165, 1.54) is 0 Å². The predicted molar refractivity (Wildman–Crippen MR) is 79.3 cm³/mol. The Hall–Kier alpha value is -0.750. The Morgan fingerprint density at radius 2 is 2.06 bits per heavy atom. The lowest BCUT2D eigenvalue weighted by molar-refractivity contribution is 0.103. The molecule has 0 aliphatic rings. The van der Waals surface area contributed by atoms with Crippen molar-refractivity contribution in [2.75, 3.05) is 0 Å². The van der Waals surface area contributed by atoms with Gasteiger partial charge in [0, 0.05) is 31.6 Å². The summed E-state index contributed by atoms with van der Waals surface area (Å²) >= 11 is 5.55. The van der Waals surface area contributed by atoms with Gasteiger partial charge in [-0.1, -0.05) is 15.9 Å². The van der Waals surface area contributed by atoms with Crippen molar-refractivity contribution >= 4 is 44.3 Å². The van der Waals surface area contributed by atoms with Crippen LogP contribution >= 0.6 is 38.5 Å². The van der Waals surface area contributed by atoms with Crippen LogP contribution in [0.2, 0.25) is 0 Å². The van der Waals surface area contributed by atoms with Crippen LogP contribution in [0, 0.1) is 10.5 Å². The Kier molecular flexibility index (Phi) is 3.93. The van der Waals surface area contributed by atoms with Gasteiger partial charge in [-0.3, -0.25) is 9.78 Å². The fourth-order valence-corrected chi connectivity index (χ4v) is 2.46. The van der Waals surface area contributed by atoms with Gasteiger partial charge in [0.15, 0.2) is 5.78 Å². The van der Waals surface area contributed by atoms with Crippen molar-refractivity contribution in [1.82, 2.24) is 4.98 Å². The van der Waals surface area contributed by atoms with Crippen molar-refractivity contribution in [2.45, 2.75) is 6.92 Å². The molecule has 2 nitrogen and oxygen atoms in total. The summed E-state index contributed by atoms with van der Waals surface area (Å²) in [5.74, 6) is 0.0151. The zero-order valence-electron chi connectivity index (χ0n) is 9.08. The Morgan fingerprint density at radius 1 is 1.29 bits per heavy atom. The number of aryl methyl sites for hydroxylation is 1. The normalized spacial score (nSPS) is 10.3. The molecule has 0 fully saturated rings. The predicted octanol–water partition coefficient (Wildman–Crippen LogP) is 3.99. The lowest BCUT2D eigenvalue weighted by Crippen LogP contribution is -2.06. The monoisotopic (exact) mass is 401 g/mol. The van der Waals surface area contributed by atoms with E-state index in [2.05, 4.69) is 43.5 Å². The molecule has 0 amide bonds. The number of aromatic nitrogens is 1. The van der Waals surface area contributed by atoms with Gasteiger partial charge in [-0.05, 0) is 59.3 Å². The van der Waals surface area contributed by atoms with E-state index in [0.717, 1.165) is 13.6 Å². The van der Waals surface area contributed by atoms with Crippen LogP contribution in [0.1, 0.15) is 21.5 Å². The van der Waals surface area contributed by atoms with Gasteiger partial charge in [0.1, 0.15) is 0 Å². The van der Waals surface area contributed by atoms with E-state index < -0.39 is 0 Å². The first-order valence-corrected chi connectivity index (χ1v) is 6.87. The summed E-state index contributed by atoms with van der Waals surface area (Å²) < 4.78 is 1.85. The number of pyridine rings is 1. The summed E-state index contributed by atoms with van der Waals surface area (Å²) in [6.07, 6.45) is 3.31. The molecule has 1 aromatic carbocycles. The van der Waals surface area contributed by atoms with Gasteiger partial charge in [0.05, 0.1) is 0 Å². The minimum absolute atomic E-state index is 0.0151. The molecule has 0 unspecified atom stereocenters. The molecule has 0 spiro atoms. The van der Waals surface area contributed by atoms with Crippen LogP contribution in [0.25, 0.3) is 0 Å². The van der Waals surface area contributed by atoms with Crippen molar-refractivity contribution in [3.8, 4) is 0 Å². The number of benzene rings is 1. The second-order valence-electron chi connectivity index (χ2n) is 3.64. The molecule has 2 aromatic rings. The third-order valence-corrected chi connectivity index (χ3v) is 3.89. The molecule has 0 saturated heterocycles. The fourth-order valence-electron chi connectivity index (χ4n) is 1.52. The molecule has 1 aromatic heterocycles. The van der Waals surface area contributed by atoms with Crippen molar-refractivity contribution in [3.63, 3.8) is 0 Å². The molecule has 0 N–H and O–H groups in total. The summed E-state index contributed by atoms with van der Waals surface area (Å²) in [5, 5.41) is 0. The van der Waals surface area contributed by atoms with Crippen LogP contribution in [0.4, 0.5) is 0 Å². The molecule has 1 heterocycles. The summed E-state index contributed by atoms with van der Waals surface area (Å²) in [6.45, 7) is 1.92. The smallest absolute Gasteiger partial charge is 0.195 e. The van der Waals surface area contributed by atoms with Gasteiger partial charge in [-0.25, -0.2) is 0 Å². The van der Waals surface area contributed by atoms with E-state index in [0.29, 0.717) is 11.1 Å². The molecule has 0 saturated carbocycles. The molecular weight excluding hydrogens is 393 g/mol. The van der Waals surface area contributed by atoms with Crippen LogP contribution in [-0.2, 0) is 0 Å². The van der Waals surface area contributed by atoms with Crippen LogP contribution < -0.4 is 0 Å². The standard InChI is InChI=1S/C13H9BrINO/c1-8-4-5-16-7-11(8)13(17)10-6-9(14)2-3-12(10)15/h2-7H,1H3. The molecule has 17 heavy (non-hydrogen) atoms. The highest BCUT2D eigenvalue weighted by molar-refractivity contribution is 14.1. The maximum atomic E-state index is 12.4. The summed E-state index contributed by atoms with van der Waals surface area (Å²) in [7, 11) is 0. The van der Waals surface area contributed by atoms with Gasteiger partial charge >= 0.3 is 0 Å². The van der Waals surface area contributed by atoms with Gasteiger partial charge in [-0.2, -0.15) is 0 Å². The quantitative estimate of drug-likeness (QED) is 0.562. The lowest BCUT2D eigenvalue weighted by atomic mass is 10.0. The minimum Gasteiger partial charge on any atom is -0.289 e. The maximum Gasteiger partial charge on any atom is 0.195 e. The average Bonchev–Trinajstić information content (AvgIpc) is 2.32. The first kappa shape index (κ1) is 12.7. The first-order chi connectivity index (χ1) is 8.09. The Morgan fingerprint density at radius 3 is 2.76 bits per heavy atom. The molecule has 0 bridgehead atoms. The van der Waals surface area contributed by atoms with Gasteiger partial charge in [0.25, 0.3) is 0 Å². The van der Waals surface area contributed by atoms with E-state index in [1.54, 1.807) is 12.4 Å². The molecule has 0 aliphatic heterocycles. The van der Waals surface area contributed by atoms with Crippen LogP contribution in [0.15, 0.2) is 41.1 Å². The summed E-state index contributed by atoms with van der Waals surface area (Å²) in [5.41, 5.74) is 2.31. The molecule has 0 aliphatic carbocycles. The van der Waals surface area contributed by atoms with Crippen LogP contribution in [0.5, 0.6) is 0 Å². The van der Waals surface area contributed by atoms with Crippen LogP contribution in [0.3, 0.4) is 0 Å². The number of hydrogen-bond donors (Lipinski definition) is 0. The topological polar surface area (TPSA) is 30.0 Å². The summed E-state index contributed by atoms with van der Waals surface area (Å²) in [6, 6.07) is 7.53. The minimum atomic E-state index is 0.0151. The van der Waals surface area contributed by atoms with Crippen molar-refractivity contribution in [3.05, 3.63) is 61.4 Å². The Labute approximate surface area is 122 Å². The largest absolute Gasteiger partial charge is 0.289 e. The molecule has 0 atom stereocenters. The third kappa shape index (κ3) is 2.74. The van der Waals surface area contributed by atoms with E-state index in [-0.39, 0.29) is 5.78 Å². The van der Waals surface area contributed by atoms with Crippen molar-refractivity contribution < 1.29 is 4.79 Å². The zero-order chi connectivity index (χ0) is 12.4. The molecular formula is C13H9BrINO. The van der Waals surface area contributed by atoms with Gasteiger partial charge in [-0.15, -0.1) is 0 Å². The molecule has 0 radical (unpaired) electrons. The highest BCUT2D eigenvalue weighted by Crippen LogP contribution is 2.22. The van der Waals surface area contributed by atoms with E-state index in [1.807, 2.05) is 31.2 Å². The van der Waals surface area contributed by atoms with Crippen molar-refractivity contribution in [2.24, 2.45) is 0 Å². The number of rotatable bonds is 2. The van der Waals surface area contributed by atoms with Crippen molar-refractivity contribution in [1.29, 1.82) is 0 Å². The Bertz CT molecular complexity index is 583. The third-order valence-electron chi connectivity index (χ3n) is 2.46. The number of carbonyl (C=O) groups is 1. The van der Waals surface area contributed by atoms with Crippen LogP contribution in [-0.4, -0.2) is 10.8 Å². The summed E-state index contributed by atoms with van der Waals surface area (Å²) in [4.78, 5) is 16.4. The number of halogens is 2. The van der Waals surface area contributed by atoms with E-state index in [4.69, 9.17) is 0 Å². The second kappa shape index (κ2) is 5.27. The maximum absolute atomic E-state index is 12.4. The Balaban J connectivity index is 2.51. The number of carbonyl (C=O) groups excluding carboxylic acids is 1. The van der Waals surface area contributed by atoms with Gasteiger partial charge in [0.2, 0.25) is 0 Å². The second-order valence-corrected chi connectivity index (χ2v) is 5.72. The van der Waals surface area contributed by atoms with E-state index in [9.17, 15) is 4.79 Å².